The van der Waals surface area contributed by atoms with Crippen molar-refractivity contribution in [3.63, 3.8) is 0 Å². The predicted octanol–water partition coefficient (Wildman–Crippen LogP) is 3.16. The Balaban J connectivity index is 1.74. The SMILES string of the molecule is Cc1ccc(C)c(NC(=O)COc2cccc3ccc(=O)[nH]c23)c1. The Hall–Kier alpha value is -3.08. The molecular formula is C19H18N2O3. The second kappa shape index (κ2) is 6.58. The number of benzene rings is 2. The smallest absolute Gasteiger partial charge is 0.262 e. The molecule has 1 amide bonds. The van der Waals surface area contributed by atoms with Gasteiger partial charge in [-0.2, -0.15) is 0 Å². The molecule has 24 heavy (non-hydrogen) atoms. The summed E-state index contributed by atoms with van der Waals surface area (Å²) in [5.74, 6) is 0.222. The van der Waals surface area contributed by atoms with E-state index in [4.69, 9.17) is 4.74 Å². The van der Waals surface area contributed by atoms with Crippen LogP contribution in [0.15, 0.2) is 53.3 Å². The molecule has 0 bridgehead atoms. The molecule has 0 radical (unpaired) electrons. The number of H-pyrrole nitrogens is 1. The van der Waals surface area contributed by atoms with E-state index in [0.29, 0.717) is 11.3 Å². The highest BCUT2D eigenvalue weighted by atomic mass is 16.5. The minimum atomic E-state index is -0.251. The molecule has 3 rings (SSSR count). The minimum Gasteiger partial charge on any atom is -0.482 e. The van der Waals surface area contributed by atoms with Gasteiger partial charge in [0.25, 0.3) is 5.91 Å². The zero-order valence-electron chi connectivity index (χ0n) is 13.6. The standard InChI is InChI=1S/C19H18N2O3/c1-12-6-7-13(2)15(10-12)20-18(23)11-24-16-5-3-4-14-8-9-17(22)21-19(14)16/h3-10H,11H2,1-2H3,(H,20,23)(H,21,22). The van der Waals surface area contributed by atoms with E-state index in [1.807, 2.05) is 44.2 Å². The summed E-state index contributed by atoms with van der Waals surface area (Å²) in [7, 11) is 0. The molecule has 1 heterocycles. The first-order chi connectivity index (χ1) is 11.5. The van der Waals surface area contributed by atoms with Gasteiger partial charge in [0, 0.05) is 17.1 Å². The summed E-state index contributed by atoms with van der Waals surface area (Å²) < 4.78 is 5.60. The number of anilines is 1. The van der Waals surface area contributed by atoms with E-state index in [-0.39, 0.29) is 18.1 Å². The van der Waals surface area contributed by atoms with Gasteiger partial charge in [0.05, 0.1) is 5.52 Å². The fourth-order valence-electron chi connectivity index (χ4n) is 2.47. The lowest BCUT2D eigenvalue weighted by atomic mass is 10.1. The average Bonchev–Trinajstić information content (AvgIpc) is 2.56. The number of para-hydroxylation sites is 1. The maximum absolute atomic E-state index is 12.1. The molecule has 2 N–H and O–H groups in total. The fourth-order valence-corrected chi connectivity index (χ4v) is 2.47. The van der Waals surface area contributed by atoms with E-state index in [0.717, 1.165) is 22.2 Å². The van der Waals surface area contributed by atoms with E-state index < -0.39 is 0 Å². The molecule has 0 saturated heterocycles. The second-order valence-electron chi connectivity index (χ2n) is 5.70. The number of pyridine rings is 1. The number of nitrogens with one attached hydrogen (secondary N) is 2. The van der Waals surface area contributed by atoms with Crippen LogP contribution >= 0.6 is 0 Å². The molecule has 0 atom stereocenters. The molecule has 122 valence electrons. The molecule has 0 spiro atoms. The van der Waals surface area contributed by atoms with Crippen LogP contribution in [0.2, 0.25) is 0 Å². The zero-order valence-corrected chi connectivity index (χ0v) is 13.6. The van der Waals surface area contributed by atoms with Gasteiger partial charge in [-0.15, -0.1) is 0 Å². The molecule has 1 aromatic heterocycles. The molecule has 0 aliphatic heterocycles. The van der Waals surface area contributed by atoms with E-state index in [9.17, 15) is 9.59 Å². The first-order valence-corrected chi connectivity index (χ1v) is 7.65. The van der Waals surface area contributed by atoms with Crippen molar-refractivity contribution in [3.05, 3.63) is 70.0 Å². The van der Waals surface area contributed by atoms with E-state index >= 15 is 0 Å². The number of aryl methyl sites for hydroxylation is 2. The largest absolute Gasteiger partial charge is 0.482 e. The summed E-state index contributed by atoms with van der Waals surface area (Å²) in [6.07, 6.45) is 0. The number of carbonyl (C=O) groups excluding carboxylic acids is 1. The summed E-state index contributed by atoms with van der Waals surface area (Å²) >= 11 is 0. The third-order valence-electron chi connectivity index (χ3n) is 3.75. The van der Waals surface area contributed by atoms with Crippen LogP contribution in [0.1, 0.15) is 11.1 Å². The number of aromatic nitrogens is 1. The number of aromatic amines is 1. The molecule has 0 unspecified atom stereocenters. The number of hydrogen-bond acceptors (Lipinski definition) is 3. The lowest BCUT2D eigenvalue weighted by Gasteiger charge is -2.11. The number of hydrogen-bond donors (Lipinski definition) is 2. The van der Waals surface area contributed by atoms with Crippen molar-refractivity contribution in [3.8, 4) is 5.75 Å². The minimum absolute atomic E-state index is 0.135. The Kier molecular flexibility index (Phi) is 4.33. The van der Waals surface area contributed by atoms with Crippen molar-refractivity contribution in [1.29, 1.82) is 0 Å². The molecule has 3 aromatic rings. The molecule has 0 aliphatic carbocycles. The third kappa shape index (κ3) is 3.46. The van der Waals surface area contributed by atoms with Crippen LogP contribution < -0.4 is 15.6 Å². The quantitative estimate of drug-likeness (QED) is 0.775. The molecule has 0 fully saturated rings. The number of amides is 1. The van der Waals surface area contributed by atoms with Crippen LogP contribution in [0.4, 0.5) is 5.69 Å². The summed E-state index contributed by atoms with van der Waals surface area (Å²) in [6, 6.07) is 14.5. The van der Waals surface area contributed by atoms with Crippen LogP contribution in [0.25, 0.3) is 10.9 Å². The van der Waals surface area contributed by atoms with Gasteiger partial charge in [0.2, 0.25) is 5.56 Å². The second-order valence-corrected chi connectivity index (χ2v) is 5.70. The highest BCUT2D eigenvalue weighted by Gasteiger charge is 2.08. The van der Waals surface area contributed by atoms with Gasteiger partial charge in [0.1, 0.15) is 5.75 Å². The molecule has 0 aliphatic rings. The maximum atomic E-state index is 12.1. The zero-order chi connectivity index (χ0) is 17.1. The van der Waals surface area contributed by atoms with Gasteiger partial charge >= 0.3 is 0 Å². The van der Waals surface area contributed by atoms with Crippen molar-refractivity contribution >= 4 is 22.5 Å². The Bertz CT molecular complexity index is 960. The summed E-state index contributed by atoms with van der Waals surface area (Å²) in [5, 5.41) is 3.69. The van der Waals surface area contributed by atoms with Gasteiger partial charge in [-0.1, -0.05) is 24.3 Å². The number of rotatable bonds is 4. The van der Waals surface area contributed by atoms with Gasteiger partial charge in [-0.3, -0.25) is 9.59 Å². The van der Waals surface area contributed by atoms with Crippen LogP contribution in [0.5, 0.6) is 5.75 Å². The van der Waals surface area contributed by atoms with Crippen LogP contribution in [-0.4, -0.2) is 17.5 Å². The first kappa shape index (κ1) is 15.8. The van der Waals surface area contributed by atoms with Crippen molar-refractivity contribution < 1.29 is 9.53 Å². The number of ether oxygens (including phenoxy) is 1. The van der Waals surface area contributed by atoms with Gasteiger partial charge in [0.15, 0.2) is 6.61 Å². The monoisotopic (exact) mass is 322 g/mol. The van der Waals surface area contributed by atoms with Gasteiger partial charge < -0.3 is 15.0 Å². The van der Waals surface area contributed by atoms with Crippen LogP contribution in [0, 0.1) is 13.8 Å². The molecule has 0 saturated carbocycles. The van der Waals surface area contributed by atoms with Gasteiger partial charge in [-0.05, 0) is 43.2 Å². The lowest BCUT2D eigenvalue weighted by molar-refractivity contribution is -0.118. The third-order valence-corrected chi connectivity index (χ3v) is 3.75. The predicted molar refractivity (Wildman–Crippen MR) is 94.6 cm³/mol. The van der Waals surface area contributed by atoms with Crippen molar-refractivity contribution in [2.45, 2.75) is 13.8 Å². The molecule has 5 nitrogen and oxygen atoms in total. The van der Waals surface area contributed by atoms with E-state index in [2.05, 4.69) is 10.3 Å². The highest BCUT2D eigenvalue weighted by molar-refractivity contribution is 5.93. The highest BCUT2D eigenvalue weighted by Crippen LogP contribution is 2.22. The molecular weight excluding hydrogens is 304 g/mol. The number of carbonyl (C=O) groups is 1. The molecule has 5 heteroatoms. The molecule has 2 aromatic carbocycles. The lowest BCUT2D eigenvalue weighted by Crippen LogP contribution is -2.21. The fraction of sp³-hybridized carbons (Fsp3) is 0.158. The van der Waals surface area contributed by atoms with Crippen LogP contribution in [0.3, 0.4) is 0 Å². The normalized spacial score (nSPS) is 10.6. The van der Waals surface area contributed by atoms with Crippen LogP contribution in [-0.2, 0) is 4.79 Å². The maximum Gasteiger partial charge on any atom is 0.262 e. The summed E-state index contributed by atoms with van der Waals surface area (Å²) in [4.78, 5) is 26.4. The van der Waals surface area contributed by atoms with Crippen molar-refractivity contribution in [1.82, 2.24) is 4.98 Å². The summed E-state index contributed by atoms with van der Waals surface area (Å²) in [5.41, 5.74) is 3.21. The Labute approximate surface area is 139 Å². The summed E-state index contributed by atoms with van der Waals surface area (Å²) in [6.45, 7) is 3.77. The first-order valence-electron chi connectivity index (χ1n) is 7.65. The number of fused-ring (bicyclic) bond motifs is 1. The Morgan fingerprint density at radius 3 is 2.79 bits per heavy atom. The van der Waals surface area contributed by atoms with E-state index in [1.54, 1.807) is 12.1 Å². The Morgan fingerprint density at radius 1 is 1.12 bits per heavy atom. The van der Waals surface area contributed by atoms with Gasteiger partial charge in [-0.25, -0.2) is 0 Å². The Morgan fingerprint density at radius 2 is 1.96 bits per heavy atom. The van der Waals surface area contributed by atoms with Crippen molar-refractivity contribution in [2.24, 2.45) is 0 Å². The topological polar surface area (TPSA) is 71.2 Å². The van der Waals surface area contributed by atoms with E-state index in [1.165, 1.54) is 6.07 Å². The van der Waals surface area contributed by atoms with Crippen molar-refractivity contribution in [2.75, 3.05) is 11.9 Å². The average molecular weight is 322 g/mol.